The number of thiazole rings is 1. The molecule has 2 saturated heterocycles. The van der Waals surface area contributed by atoms with Crippen LogP contribution in [0.25, 0.3) is 0 Å². The number of carbonyl (C=O) groups is 1. The molecule has 1 aromatic heterocycles. The molecule has 2 atom stereocenters. The summed E-state index contributed by atoms with van der Waals surface area (Å²) in [5, 5.41) is 1.20. The molecule has 1 aromatic rings. The molecule has 2 unspecified atom stereocenters. The average Bonchev–Trinajstić information content (AvgIpc) is 2.65. The van der Waals surface area contributed by atoms with Crippen LogP contribution in [0.1, 0.15) is 42.0 Å². The van der Waals surface area contributed by atoms with Crippen molar-refractivity contribution in [2.75, 3.05) is 0 Å². The van der Waals surface area contributed by atoms with Gasteiger partial charge in [-0.1, -0.05) is 6.42 Å². The zero-order valence-electron chi connectivity index (χ0n) is 10.2. The molecule has 0 saturated carbocycles. The summed E-state index contributed by atoms with van der Waals surface area (Å²) in [7, 11) is 0. The highest BCUT2D eigenvalue weighted by molar-refractivity contribution is 7.11. The van der Waals surface area contributed by atoms with Gasteiger partial charge < -0.3 is 0 Å². The number of rotatable bonds is 2. The van der Waals surface area contributed by atoms with E-state index in [1.807, 2.05) is 6.20 Å². The Kier molecular flexibility index (Phi) is 3.01. The minimum absolute atomic E-state index is 0.464. The van der Waals surface area contributed by atoms with Gasteiger partial charge in [-0.05, 0) is 19.8 Å². The summed E-state index contributed by atoms with van der Waals surface area (Å²) in [6.45, 7) is 3.04. The predicted molar refractivity (Wildman–Crippen MR) is 68.1 cm³/mol. The molecular weight excluding hydrogens is 232 g/mol. The summed E-state index contributed by atoms with van der Waals surface area (Å²) in [5.41, 5.74) is 0. The zero-order chi connectivity index (χ0) is 11.8. The monoisotopic (exact) mass is 250 g/mol. The van der Waals surface area contributed by atoms with E-state index in [9.17, 15) is 4.79 Å². The van der Waals surface area contributed by atoms with Crippen LogP contribution in [-0.4, -0.2) is 27.8 Å². The fraction of sp³-hybridized carbons (Fsp3) is 0.692. The normalized spacial score (nSPS) is 29.6. The molecule has 0 N–H and O–H groups in total. The number of Topliss-reactive ketones (excluding diaryl/α,β-unsaturated/α-hetero) is 1. The van der Waals surface area contributed by atoms with E-state index in [1.54, 1.807) is 11.3 Å². The lowest BCUT2D eigenvalue weighted by Crippen LogP contribution is -2.51. The van der Waals surface area contributed by atoms with Gasteiger partial charge in [0.25, 0.3) is 0 Å². The van der Waals surface area contributed by atoms with Gasteiger partial charge in [0.15, 0.2) is 0 Å². The summed E-state index contributed by atoms with van der Waals surface area (Å²) in [4.78, 5) is 19.9. The number of aromatic nitrogens is 1. The first-order valence-electron chi connectivity index (χ1n) is 6.41. The molecule has 2 fully saturated rings. The van der Waals surface area contributed by atoms with Crippen LogP contribution in [-0.2, 0) is 11.3 Å². The van der Waals surface area contributed by atoms with E-state index in [2.05, 4.69) is 16.8 Å². The van der Waals surface area contributed by atoms with Crippen molar-refractivity contribution in [3.8, 4) is 0 Å². The number of nitrogens with zero attached hydrogens (tertiary/aromatic N) is 2. The third-order valence-corrected chi connectivity index (χ3v) is 4.82. The van der Waals surface area contributed by atoms with Crippen LogP contribution in [0, 0.1) is 6.92 Å². The first-order valence-corrected chi connectivity index (χ1v) is 7.23. The number of hydrogen-bond acceptors (Lipinski definition) is 4. The standard InChI is InChI=1S/C13H18N2OS/c1-9-7-14-13(17-9)8-15-10-3-2-4-11(15)6-12(16)5-10/h7,10-11H,2-6,8H2,1H3. The minimum Gasteiger partial charge on any atom is -0.300 e. The topological polar surface area (TPSA) is 33.2 Å². The second-order valence-electron chi connectivity index (χ2n) is 5.22. The van der Waals surface area contributed by atoms with E-state index in [0.29, 0.717) is 17.9 Å². The number of aryl methyl sites for hydroxylation is 1. The van der Waals surface area contributed by atoms with E-state index in [0.717, 1.165) is 19.4 Å². The average molecular weight is 250 g/mol. The first kappa shape index (κ1) is 11.4. The fourth-order valence-corrected chi connectivity index (χ4v) is 3.95. The quantitative estimate of drug-likeness (QED) is 0.808. The number of ketones is 1. The van der Waals surface area contributed by atoms with Crippen LogP contribution < -0.4 is 0 Å². The lowest BCUT2D eigenvalue weighted by molar-refractivity contribution is -0.127. The van der Waals surface area contributed by atoms with E-state index in [4.69, 9.17) is 0 Å². The Morgan fingerprint density at radius 3 is 2.71 bits per heavy atom. The van der Waals surface area contributed by atoms with Crippen molar-refractivity contribution in [1.29, 1.82) is 0 Å². The van der Waals surface area contributed by atoms with Crippen molar-refractivity contribution in [3.63, 3.8) is 0 Å². The maximum atomic E-state index is 11.6. The molecule has 0 aliphatic carbocycles. The molecule has 0 aromatic carbocycles. The molecule has 3 nitrogen and oxygen atoms in total. The maximum absolute atomic E-state index is 11.6. The van der Waals surface area contributed by atoms with Gasteiger partial charge in [0.1, 0.15) is 10.8 Å². The van der Waals surface area contributed by atoms with Crippen molar-refractivity contribution < 1.29 is 4.79 Å². The van der Waals surface area contributed by atoms with Crippen LogP contribution in [0.4, 0.5) is 0 Å². The lowest BCUT2D eigenvalue weighted by atomic mass is 9.84. The van der Waals surface area contributed by atoms with Gasteiger partial charge in [-0.3, -0.25) is 9.69 Å². The fourth-order valence-electron chi connectivity index (χ4n) is 3.16. The number of piperidine rings is 2. The molecule has 0 amide bonds. The third-order valence-electron chi connectivity index (χ3n) is 3.93. The van der Waals surface area contributed by atoms with Crippen molar-refractivity contribution in [1.82, 2.24) is 9.88 Å². The summed E-state index contributed by atoms with van der Waals surface area (Å²) in [6, 6.07) is 0.971. The van der Waals surface area contributed by atoms with Crippen molar-refractivity contribution in [2.24, 2.45) is 0 Å². The minimum atomic E-state index is 0.464. The molecule has 2 aliphatic heterocycles. The highest BCUT2D eigenvalue weighted by Crippen LogP contribution is 2.33. The molecule has 17 heavy (non-hydrogen) atoms. The Balaban J connectivity index is 1.76. The predicted octanol–water partition coefficient (Wildman–Crippen LogP) is 2.54. The van der Waals surface area contributed by atoms with Gasteiger partial charge in [-0.25, -0.2) is 4.98 Å². The molecule has 0 radical (unpaired) electrons. The molecule has 3 heterocycles. The van der Waals surface area contributed by atoms with E-state index < -0.39 is 0 Å². The van der Waals surface area contributed by atoms with Crippen molar-refractivity contribution in [2.45, 2.75) is 57.7 Å². The Morgan fingerprint density at radius 1 is 1.41 bits per heavy atom. The summed E-state index contributed by atoms with van der Waals surface area (Å²) in [6.07, 6.45) is 7.14. The largest absolute Gasteiger partial charge is 0.300 e. The maximum Gasteiger partial charge on any atom is 0.136 e. The lowest BCUT2D eigenvalue weighted by Gasteiger charge is -2.45. The van der Waals surface area contributed by atoms with Crippen LogP contribution in [0.5, 0.6) is 0 Å². The first-order chi connectivity index (χ1) is 8.22. The van der Waals surface area contributed by atoms with Gasteiger partial charge >= 0.3 is 0 Å². The molecule has 92 valence electrons. The Bertz CT molecular complexity index is 413. The second kappa shape index (κ2) is 4.50. The Labute approximate surface area is 106 Å². The van der Waals surface area contributed by atoms with Crippen LogP contribution in [0.2, 0.25) is 0 Å². The highest BCUT2D eigenvalue weighted by atomic mass is 32.1. The molecule has 2 aliphatic rings. The number of fused-ring (bicyclic) bond motifs is 2. The molecule has 4 heteroatoms. The SMILES string of the molecule is Cc1cnc(CN2C3CCCC2CC(=O)C3)s1. The summed E-state index contributed by atoms with van der Waals surface area (Å²) in [5.74, 6) is 0.464. The second-order valence-corrected chi connectivity index (χ2v) is 6.54. The van der Waals surface area contributed by atoms with Crippen LogP contribution >= 0.6 is 11.3 Å². The van der Waals surface area contributed by atoms with E-state index in [-0.39, 0.29) is 0 Å². The van der Waals surface area contributed by atoms with Crippen LogP contribution in [0.15, 0.2) is 6.20 Å². The number of carbonyl (C=O) groups excluding carboxylic acids is 1. The molecular formula is C13H18N2OS. The third kappa shape index (κ3) is 2.29. The van der Waals surface area contributed by atoms with E-state index in [1.165, 1.54) is 29.1 Å². The molecule has 3 rings (SSSR count). The van der Waals surface area contributed by atoms with E-state index >= 15 is 0 Å². The molecule has 0 spiro atoms. The van der Waals surface area contributed by atoms with Gasteiger partial charge in [-0.15, -0.1) is 11.3 Å². The summed E-state index contributed by atoms with van der Waals surface area (Å²) < 4.78 is 0. The summed E-state index contributed by atoms with van der Waals surface area (Å²) >= 11 is 1.78. The van der Waals surface area contributed by atoms with Crippen LogP contribution in [0.3, 0.4) is 0 Å². The number of hydrogen-bond donors (Lipinski definition) is 0. The van der Waals surface area contributed by atoms with Crippen molar-refractivity contribution >= 4 is 17.1 Å². The van der Waals surface area contributed by atoms with Gasteiger partial charge in [0.05, 0.1) is 6.54 Å². The Morgan fingerprint density at radius 2 is 2.12 bits per heavy atom. The van der Waals surface area contributed by atoms with Gasteiger partial charge in [0.2, 0.25) is 0 Å². The van der Waals surface area contributed by atoms with Gasteiger partial charge in [0, 0.05) is 36.0 Å². The zero-order valence-corrected chi connectivity index (χ0v) is 11.0. The molecule has 2 bridgehead atoms. The Hall–Kier alpha value is -0.740. The van der Waals surface area contributed by atoms with Gasteiger partial charge in [-0.2, -0.15) is 0 Å². The van der Waals surface area contributed by atoms with Crippen molar-refractivity contribution in [3.05, 3.63) is 16.1 Å². The smallest absolute Gasteiger partial charge is 0.136 e. The highest BCUT2D eigenvalue weighted by Gasteiger charge is 2.37.